The number of benzene rings is 1. The van der Waals surface area contributed by atoms with Gasteiger partial charge in [-0.15, -0.1) is 13.2 Å². The molecular formula is C28H31F3N6O2. The monoisotopic (exact) mass is 540 g/mol. The van der Waals surface area contributed by atoms with Gasteiger partial charge in [0, 0.05) is 41.5 Å². The third-order valence-corrected chi connectivity index (χ3v) is 6.99. The van der Waals surface area contributed by atoms with Gasteiger partial charge in [0.25, 0.3) is 0 Å². The highest BCUT2D eigenvalue weighted by atomic mass is 19.4. The Kier molecular flexibility index (Phi) is 6.74. The number of aryl methyl sites for hydroxylation is 1. The largest absolute Gasteiger partial charge is 0.573 e. The molecule has 206 valence electrons. The molecule has 5 rings (SSSR count). The molecule has 4 aromatic rings. The lowest BCUT2D eigenvalue weighted by atomic mass is 9.96. The van der Waals surface area contributed by atoms with Gasteiger partial charge in [0.05, 0.1) is 22.7 Å². The third kappa shape index (κ3) is 5.83. The molecule has 3 heterocycles. The van der Waals surface area contributed by atoms with Crippen LogP contribution in [-0.4, -0.2) is 41.0 Å². The van der Waals surface area contributed by atoms with Crippen LogP contribution in [0.15, 0.2) is 36.7 Å². The van der Waals surface area contributed by atoms with Gasteiger partial charge in [-0.1, -0.05) is 0 Å². The summed E-state index contributed by atoms with van der Waals surface area (Å²) in [4.78, 5) is 8.94. The standard InChI is InChI=1S/C28H31F3N6O2/c1-16-23(12-21-13-24(33-15-32-21)37-18(3)25(17(2)34-37)27(4,5)38)36(14-19-6-7-19)35-26(16)20-8-10-22(11-9-20)39-28(29,30)31/h8-11,13,15,19,38H,6-7,12,14H2,1-5H3. The van der Waals surface area contributed by atoms with E-state index in [1.165, 1.54) is 18.5 Å². The summed E-state index contributed by atoms with van der Waals surface area (Å²) in [6, 6.07) is 7.66. The Labute approximate surface area is 224 Å². The van der Waals surface area contributed by atoms with E-state index < -0.39 is 12.0 Å². The molecule has 0 atom stereocenters. The van der Waals surface area contributed by atoms with Crippen LogP contribution in [0.4, 0.5) is 13.2 Å². The first-order valence-electron chi connectivity index (χ1n) is 12.8. The molecule has 0 radical (unpaired) electrons. The molecule has 0 unspecified atom stereocenters. The second-order valence-corrected chi connectivity index (χ2v) is 10.7. The van der Waals surface area contributed by atoms with Gasteiger partial charge in [-0.05, 0) is 83.2 Å². The molecule has 1 aliphatic rings. The lowest BCUT2D eigenvalue weighted by molar-refractivity contribution is -0.274. The summed E-state index contributed by atoms with van der Waals surface area (Å²) < 4.78 is 45.5. The molecule has 39 heavy (non-hydrogen) atoms. The van der Waals surface area contributed by atoms with E-state index in [9.17, 15) is 18.3 Å². The number of nitrogens with zero attached hydrogens (tertiary/aromatic N) is 6. The maximum Gasteiger partial charge on any atom is 0.573 e. The Balaban J connectivity index is 1.47. The van der Waals surface area contributed by atoms with Crippen LogP contribution in [0, 0.1) is 26.7 Å². The first-order valence-corrected chi connectivity index (χ1v) is 12.8. The van der Waals surface area contributed by atoms with E-state index in [-0.39, 0.29) is 5.75 Å². The zero-order valence-electron chi connectivity index (χ0n) is 22.5. The van der Waals surface area contributed by atoms with Crippen LogP contribution >= 0.6 is 0 Å². The van der Waals surface area contributed by atoms with Crippen LogP contribution < -0.4 is 4.74 Å². The highest BCUT2D eigenvalue weighted by Crippen LogP contribution is 2.34. The second-order valence-electron chi connectivity index (χ2n) is 10.7. The second kappa shape index (κ2) is 9.78. The first-order chi connectivity index (χ1) is 18.3. The topological polar surface area (TPSA) is 90.9 Å². The number of ether oxygens (including phenoxy) is 1. The molecular weight excluding hydrogens is 509 g/mol. The molecule has 1 aromatic carbocycles. The van der Waals surface area contributed by atoms with Gasteiger partial charge >= 0.3 is 6.36 Å². The average molecular weight is 541 g/mol. The van der Waals surface area contributed by atoms with E-state index in [4.69, 9.17) is 5.10 Å². The van der Waals surface area contributed by atoms with Crippen LogP contribution in [0.3, 0.4) is 0 Å². The lowest BCUT2D eigenvalue weighted by Crippen LogP contribution is -2.18. The van der Waals surface area contributed by atoms with Gasteiger partial charge in [0.2, 0.25) is 0 Å². The van der Waals surface area contributed by atoms with E-state index in [0.717, 1.165) is 53.3 Å². The van der Waals surface area contributed by atoms with Gasteiger partial charge in [-0.25, -0.2) is 14.6 Å². The van der Waals surface area contributed by atoms with Crippen molar-refractivity contribution in [2.75, 3.05) is 0 Å². The summed E-state index contributed by atoms with van der Waals surface area (Å²) in [5.41, 5.74) is 5.39. The van der Waals surface area contributed by atoms with Crippen molar-refractivity contribution in [3.05, 3.63) is 70.6 Å². The molecule has 1 N–H and O–H groups in total. The molecule has 8 nitrogen and oxygen atoms in total. The van der Waals surface area contributed by atoms with Gasteiger partial charge in [-0.2, -0.15) is 10.2 Å². The fraction of sp³-hybridized carbons (Fsp3) is 0.429. The lowest BCUT2D eigenvalue weighted by Gasteiger charge is -2.18. The van der Waals surface area contributed by atoms with E-state index >= 15 is 0 Å². The van der Waals surface area contributed by atoms with Crippen molar-refractivity contribution < 1.29 is 23.0 Å². The first kappa shape index (κ1) is 26.9. The van der Waals surface area contributed by atoms with Crippen molar-refractivity contribution in [1.82, 2.24) is 29.5 Å². The van der Waals surface area contributed by atoms with Gasteiger partial charge in [0.1, 0.15) is 12.1 Å². The summed E-state index contributed by atoms with van der Waals surface area (Å²) in [7, 11) is 0. The predicted molar refractivity (Wildman–Crippen MR) is 138 cm³/mol. The smallest absolute Gasteiger partial charge is 0.406 e. The molecule has 0 amide bonds. The number of aromatic nitrogens is 6. The molecule has 0 aliphatic heterocycles. The number of halogens is 3. The van der Waals surface area contributed by atoms with Crippen LogP contribution in [0.5, 0.6) is 5.75 Å². The Morgan fingerprint density at radius 1 is 1.03 bits per heavy atom. The summed E-state index contributed by atoms with van der Waals surface area (Å²) in [6.07, 6.45) is -0.446. The molecule has 0 bridgehead atoms. The number of alkyl halides is 3. The number of hydrogen-bond acceptors (Lipinski definition) is 6. The summed E-state index contributed by atoms with van der Waals surface area (Å²) in [6.45, 7) is 9.98. The molecule has 0 saturated heterocycles. The highest BCUT2D eigenvalue weighted by Gasteiger charge is 2.31. The molecule has 0 spiro atoms. The minimum Gasteiger partial charge on any atom is -0.406 e. The minimum absolute atomic E-state index is 0.271. The average Bonchev–Trinajstić information content (AvgIpc) is 3.53. The summed E-state index contributed by atoms with van der Waals surface area (Å²) in [5.74, 6) is 0.892. The normalized spacial score (nSPS) is 14.2. The Bertz CT molecular complexity index is 1500. The van der Waals surface area contributed by atoms with Gasteiger partial charge < -0.3 is 9.84 Å². The fourth-order valence-electron chi connectivity index (χ4n) is 5.12. The van der Waals surface area contributed by atoms with Crippen LogP contribution in [0.1, 0.15) is 60.6 Å². The SMILES string of the molecule is Cc1nn(-c2cc(Cc3c(C)c(-c4ccc(OC(F)(F)F)cc4)nn3CC3CC3)ncn2)c(C)c1C(C)(C)O. The Morgan fingerprint density at radius 3 is 2.31 bits per heavy atom. The molecule has 1 saturated carbocycles. The number of rotatable bonds is 8. The van der Waals surface area contributed by atoms with Crippen LogP contribution in [0.2, 0.25) is 0 Å². The van der Waals surface area contributed by atoms with Crippen LogP contribution in [0.25, 0.3) is 17.1 Å². The number of hydrogen-bond donors (Lipinski definition) is 1. The molecule has 11 heteroatoms. The van der Waals surface area contributed by atoms with Crippen molar-refractivity contribution >= 4 is 0 Å². The molecule has 1 aliphatic carbocycles. The summed E-state index contributed by atoms with van der Waals surface area (Å²) in [5, 5.41) is 20.1. The summed E-state index contributed by atoms with van der Waals surface area (Å²) >= 11 is 0. The predicted octanol–water partition coefficient (Wildman–Crippen LogP) is 5.58. The van der Waals surface area contributed by atoms with E-state index in [0.29, 0.717) is 29.4 Å². The van der Waals surface area contributed by atoms with E-state index in [1.807, 2.05) is 31.5 Å². The van der Waals surface area contributed by atoms with Gasteiger partial charge in [0.15, 0.2) is 5.82 Å². The quantitative estimate of drug-likeness (QED) is 0.314. The van der Waals surface area contributed by atoms with Crippen molar-refractivity contribution in [2.45, 2.75) is 72.4 Å². The van der Waals surface area contributed by atoms with Crippen molar-refractivity contribution in [3.8, 4) is 22.8 Å². The Hall–Kier alpha value is -3.73. The van der Waals surface area contributed by atoms with Gasteiger partial charge in [-0.3, -0.25) is 4.68 Å². The Morgan fingerprint density at radius 2 is 1.72 bits per heavy atom. The number of aliphatic hydroxyl groups is 1. The zero-order chi connectivity index (χ0) is 28.1. The third-order valence-electron chi connectivity index (χ3n) is 6.99. The fourth-order valence-corrected chi connectivity index (χ4v) is 5.12. The maximum absolute atomic E-state index is 12.6. The highest BCUT2D eigenvalue weighted by molar-refractivity contribution is 5.65. The van der Waals surface area contributed by atoms with Crippen molar-refractivity contribution in [3.63, 3.8) is 0 Å². The zero-order valence-corrected chi connectivity index (χ0v) is 22.5. The van der Waals surface area contributed by atoms with Crippen molar-refractivity contribution in [2.24, 2.45) is 5.92 Å². The van der Waals surface area contributed by atoms with E-state index in [2.05, 4.69) is 19.8 Å². The van der Waals surface area contributed by atoms with E-state index in [1.54, 1.807) is 30.7 Å². The maximum atomic E-state index is 12.6. The molecule has 1 fully saturated rings. The molecule has 3 aromatic heterocycles. The van der Waals surface area contributed by atoms with Crippen molar-refractivity contribution in [1.29, 1.82) is 0 Å². The van der Waals surface area contributed by atoms with Crippen LogP contribution in [-0.2, 0) is 18.6 Å². The minimum atomic E-state index is -4.74.